The summed E-state index contributed by atoms with van der Waals surface area (Å²) < 4.78 is 14.3. The fourth-order valence-electron chi connectivity index (χ4n) is 2.49. The number of nitrogens with two attached hydrogens (primary N) is 1. The molecule has 7 heteroatoms. The van der Waals surface area contributed by atoms with Crippen molar-refractivity contribution in [1.29, 1.82) is 0 Å². The molecule has 2 aromatic carbocycles. The Morgan fingerprint density at radius 2 is 1.88 bits per heavy atom. The van der Waals surface area contributed by atoms with Gasteiger partial charge in [-0.25, -0.2) is 15.2 Å². The Morgan fingerprint density at radius 1 is 1.17 bits per heavy atom. The molecule has 6 nitrogen and oxygen atoms in total. The van der Waals surface area contributed by atoms with E-state index in [-0.39, 0.29) is 24.3 Å². The van der Waals surface area contributed by atoms with Gasteiger partial charge < -0.3 is 0 Å². The number of carbonyl (C=O) groups is 1. The molecular weight excluding hydrogens is 311 g/mol. The average molecular weight is 326 g/mol. The maximum atomic E-state index is 13.1. The van der Waals surface area contributed by atoms with Crippen molar-refractivity contribution in [1.82, 2.24) is 15.0 Å². The number of carbonyl (C=O) groups excluding carboxylic acids is 1. The van der Waals surface area contributed by atoms with Gasteiger partial charge in [-0.15, -0.1) is 0 Å². The summed E-state index contributed by atoms with van der Waals surface area (Å²) >= 11 is 0. The van der Waals surface area contributed by atoms with Crippen molar-refractivity contribution in [3.8, 4) is 0 Å². The minimum atomic E-state index is -0.505. The number of hydrogen-bond donors (Lipinski definition) is 2. The van der Waals surface area contributed by atoms with Crippen LogP contribution in [0.4, 0.5) is 4.39 Å². The fraction of sp³-hybridized carbons (Fsp3) is 0.118. The van der Waals surface area contributed by atoms with E-state index in [0.717, 1.165) is 5.56 Å². The largest absolute Gasteiger partial charge is 0.293 e. The minimum Gasteiger partial charge on any atom is -0.293 e. The molecule has 24 heavy (non-hydrogen) atoms. The Balaban J connectivity index is 2.12. The van der Waals surface area contributed by atoms with Crippen LogP contribution in [0, 0.1) is 5.82 Å². The second-order valence-corrected chi connectivity index (χ2v) is 5.31. The molecule has 3 N–H and O–H groups in total. The predicted octanol–water partition coefficient (Wildman–Crippen LogP) is 1.12. The van der Waals surface area contributed by atoms with Crippen LogP contribution in [0.2, 0.25) is 0 Å². The first kappa shape index (κ1) is 15.8. The number of amides is 1. The van der Waals surface area contributed by atoms with E-state index < -0.39 is 5.91 Å². The number of nitrogens with zero attached hydrogens (tertiary/aromatic N) is 2. The SMILES string of the molecule is NNC(=O)Cn1c(Cc2ccc(F)cc2)nc2ccccc2c1=O. The van der Waals surface area contributed by atoms with Crippen LogP contribution in [-0.4, -0.2) is 15.5 Å². The summed E-state index contributed by atoms with van der Waals surface area (Å²) in [6.07, 6.45) is 0.290. The van der Waals surface area contributed by atoms with Gasteiger partial charge in [-0.1, -0.05) is 24.3 Å². The van der Waals surface area contributed by atoms with Crippen LogP contribution < -0.4 is 16.8 Å². The quantitative estimate of drug-likeness (QED) is 0.427. The molecule has 0 aliphatic heterocycles. The Bertz CT molecular complexity index is 951. The monoisotopic (exact) mass is 326 g/mol. The second-order valence-electron chi connectivity index (χ2n) is 5.31. The van der Waals surface area contributed by atoms with Crippen molar-refractivity contribution in [2.24, 2.45) is 5.84 Å². The van der Waals surface area contributed by atoms with E-state index in [1.54, 1.807) is 36.4 Å². The van der Waals surface area contributed by atoms with Crippen molar-refractivity contribution in [3.63, 3.8) is 0 Å². The van der Waals surface area contributed by atoms with Gasteiger partial charge in [-0.2, -0.15) is 0 Å². The summed E-state index contributed by atoms with van der Waals surface area (Å²) in [5, 5.41) is 0.421. The van der Waals surface area contributed by atoms with E-state index in [4.69, 9.17) is 5.84 Å². The first-order valence-electron chi connectivity index (χ1n) is 7.31. The summed E-state index contributed by atoms with van der Waals surface area (Å²) in [5.41, 5.74) is 3.02. The maximum Gasteiger partial charge on any atom is 0.261 e. The van der Waals surface area contributed by atoms with Crippen LogP contribution in [-0.2, 0) is 17.8 Å². The van der Waals surface area contributed by atoms with Crippen molar-refractivity contribution in [2.75, 3.05) is 0 Å². The molecule has 3 rings (SSSR count). The van der Waals surface area contributed by atoms with E-state index in [1.165, 1.54) is 16.7 Å². The van der Waals surface area contributed by atoms with Crippen molar-refractivity contribution in [3.05, 3.63) is 76.1 Å². The topological polar surface area (TPSA) is 90.0 Å². The fourth-order valence-corrected chi connectivity index (χ4v) is 2.49. The van der Waals surface area contributed by atoms with Gasteiger partial charge >= 0.3 is 0 Å². The molecule has 1 amide bonds. The molecule has 0 fully saturated rings. The van der Waals surface area contributed by atoms with E-state index in [1.807, 2.05) is 5.43 Å². The molecule has 0 saturated heterocycles. The Kier molecular flexibility index (Phi) is 4.35. The molecule has 0 atom stereocenters. The third-order valence-corrected chi connectivity index (χ3v) is 3.68. The first-order valence-corrected chi connectivity index (χ1v) is 7.31. The lowest BCUT2D eigenvalue weighted by Crippen LogP contribution is -2.37. The number of nitrogens with one attached hydrogen (secondary N) is 1. The van der Waals surface area contributed by atoms with Gasteiger partial charge in [0.15, 0.2) is 0 Å². The molecule has 0 bridgehead atoms. The number of hydrazine groups is 1. The average Bonchev–Trinajstić information content (AvgIpc) is 2.60. The van der Waals surface area contributed by atoms with Gasteiger partial charge in [0.2, 0.25) is 0 Å². The molecule has 3 aromatic rings. The summed E-state index contributed by atoms with van der Waals surface area (Å²) in [6.45, 7) is -0.232. The highest BCUT2D eigenvalue weighted by atomic mass is 19.1. The summed E-state index contributed by atoms with van der Waals surface area (Å²) in [6, 6.07) is 12.8. The molecule has 1 aromatic heterocycles. The predicted molar refractivity (Wildman–Crippen MR) is 87.5 cm³/mol. The maximum absolute atomic E-state index is 13.1. The number of benzene rings is 2. The highest BCUT2D eigenvalue weighted by Crippen LogP contribution is 2.12. The molecule has 0 unspecified atom stereocenters. The molecule has 0 aliphatic rings. The van der Waals surface area contributed by atoms with E-state index in [2.05, 4.69) is 4.98 Å². The van der Waals surface area contributed by atoms with Gasteiger partial charge in [0.05, 0.1) is 10.9 Å². The van der Waals surface area contributed by atoms with Crippen molar-refractivity contribution < 1.29 is 9.18 Å². The third-order valence-electron chi connectivity index (χ3n) is 3.68. The summed E-state index contributed by atoms with van der Waals surface area (Å²) in [5.74, 6) is 4.69. The van der Waals surface area contributed by atoms with E-state index in [9.17, 15) is 14.0 Å². The van der Waals surface area contributed by atoms with Crippen molar-refractivity contribution >= 4 is 16.8 Å². The molecule has 0 aliphatic carbocycles. The molecular formula is C17H15FN4O2. The summed E-state index contributed by atoms with van der Waals surface area (Å²) in [4.78, 5) is 28.8. The smallest absolute Gasteiger partial charge is 0.261 e. The number of aromatic nitrogens is 2. The van der Waals surface area contributed by atoms with Gasteiger partial charge in [-0.3, -0.25) is 19.6 Å². The van der Waals surface area contributed by atoms with Crippen LogP contribution in [0.15, 0.2) is 53.3 Å². The Labute approximate surface area is 136 Å². The van der Waals surface area contributed by atoms with Gasteiger partial charge in [0, 0.05) is 6.42 Å². The van der Waals surface area contributed by atoms with Crippen LogP contribution >= 0.6 is 0 Å². The zero-order valence-electron chi connectivity index (χ0n) is 12.7. The van der Waals surface area contributed by atoms with Gasteiger partial charge in [0.1, 0.15) is 18.2 Å². The summed E-state index contributed by atoms with van der Waals surface area (Å²) in [7, 11) is 0. The van der Waals surface area contributed by atoms with Gasteiger partial charge in [0.25, 0.3) is 11.5 Å². The van der Waals surface area contributed by atoms with Gasteiger partial charge in [-0.05, 0) is 29.8 Å². The minimum absolute atomic E-state index is 0.232. The van der Waals surface area contributed by atoms with E-state index in [0.29, 0.717) is 16.7 Å². The molecule has 0 radical (unpaired) electrons. The normalized spacial score (nSPS) is 10.8. The molecule has 0 spiro atoms. The molecule has 1 heterocycles. The lowest BCUT2D eigenvalue weighted by atomic mass is 10.1. The lowest BCUT2D eigenvalue weighted by Gasteiger charge is -2.13. The third kappa shape index (κ3) is 3.16. The van der Waals surface area contributed by atoms with Crippen LogP contribution in [0.3, 0.4) is 0 Å². The Hall–Kier alpha value is -3.06. The number of para-hydroxylation sites is 1. The first-order chi connectivity index (χ1) is 11.6. The van der Waals surface area contributed by atoms with Crippen LogP contribution in [0.25, 0.3) is 10.9 Å². The second kappa shape index (κ2) is 6.59. The van der Waals surface area contributed by atoms with Crippen LogP contribution in [0.1, 0.15) is 11.4 Å². The highest BCUT2D eigenvalue weighted by Gasteiger charge is 2.14. The Morgan fingerprint density at radius 3 is 2.58 bits per heavy atom. The zero-order chi connectivity index (χ0) is 17.1. The van der Waals surface area contributed by atoms with E-state index >= 15 is 0 Å². The molecule has 122 valence electrons. The molecule has 0 saturated carbocycles. The standard InChI is InChI=1S/C17H15FN4O2/c18-12-7-5-11(6-8-12)9-15-20-14-4-2-1-3-13(14)17(24)22(15)10-16(23)21-19/h1-8H,9-10,19H2,(H,21,23). The van der Waals surface area contributed by atoms with Crippen molar-refractivity contribution in [2.45, 2.75) is 13.0 Å². The number of rotatable bonds is 4. The zero-order valence-corrected chi connectivity index (χ0v) is 12.7. The number of fused-ring (bicyclic) bond motifs is 1. The highest BCUT2D eigenvalue weighted by molar-refractivity contribution is 5.79. The van der Waals surface area contributed by atoms with Crippen LogP contribution in [0.5, 0.6) is 0 Å². The number of hydrogen-bond acceptors (Lipinski definition) is 4. The lowest BCUT2D eigenvalue weighted by molar-refractivity contribution is -0.121. The number of halogens is 1.